The summed E-state index contributed by atoms with van der Waals surface area (Å²) in [7, 11) is 0. The van der Waals surface area contributed by atoms with E-state index >= 15 is 0 Å². The number of hydrogen-bond donors (Lipinski definition) is 0. The summed E-state index contributed by atoms with van der Waals surface area (Å²) in [5, 5.41) is 0. The Hall–Kier alpha value is -1.48. The molecule has 0 heterocycles. The lowest BCUT2D eigenvalue weighted by molar-refractivity contribution is 0.579. The maximum Gasteiger partial charge on any atom is 0.126 e. The van der Waals surface area contributed by atoms with Gasteiger partial charge in [0.05, 0.1) is 0 Å². The van der Waals surface area contributed by atoms with Crippen LogP contribution < -0.4 is 0 Å². The average molecular weight is 441 g/mol. The molecule has 0 bridgehead atoms. The molecular weight excluding hydrogens is 406 g/mol. The number of benzene rings is 1. The van der Waals surface area contributed by atoms with Gasteiger partial charge in [0.2, 0.25) is 0 Å². The van der Waals surface area contributed by atoms with E-state index in [0.29, 0.717) is 0 Å². The molecule has 0 saturated carbocycles. The molecule has 0 radical (unpaired) electrons. The summed E-state index contributed by atoms with van der Waals surface area (Å²) in [6, 6.07) is 3.62. The zero-order valence-corrected chi connectivity index (χ0v) is 19.5. The van der Waals surface area contributed by atoms with Gasteiger partial charge in [-0.3, -0.25) is 0 Å². The van der Waals surface area contributed by atoms with Crippen molar-refractivity contribution in [1.82, 2.24) is 0 Å². The van der Waals surface area contributed by atoms with Crippen LogP contribution in [0.5, 0.6) is 0 Å². The van der Waals surface area contributed by atoms with E-state index in [4.69, 9.17) is 0 Å². The van der Waals surface area contributed by atoms with Crippen LogP contribution in [0.25, 0.3) is 0 Å². The van der Waals surface area contributed by atoms with Crippen LogP contribution in [0.2, 0.25) is 0 Å². The minimum Gasteiger partial charge on any atom is -0.207 e. The summed E-state index contributed by atoms with van der Waals surface area (Å²) in [5.74, 6) is -0.984. The van der Waals surface area contributed by atoms with Crippen molar-refractivity contribution in [2.45, 2.75) is 67.7 Å². The lowest BCUT2D eigenvalue weighted by Crippen LogP contribution is -1.91. The minimum absolute atomic E-state index is 0.492. The first-order chi connectivity index (χ1) is 12.8. The maximum atomic E-state index is 12.5. The summed E-state index contributed by atoms with van der Waals surface area (Å²) >= 11 is 3.58. The Bertz CT molecular complexity index is 632. The summed E-state index contributed by atoms with van der Waals surface area (Å²) in [5.41, 5.74) is 4.68. The molecule has 0 aliphatic heterocycles. The van der Waals surface area contributed by atoms with Crippen LogP contribution in [0, 0.1) is 11.6 Å². The van der Waals surface area contributed by atoms with Gasteiger partial charge in [-0.05, 0) is 62.5 Å². The van der Waals surface area contributed by atoms with Crippen molar-refractivity contribution >= 4 is 15.9 Å². The quantitative estimate of drug-likeness (QED) is 0.386. The van der Waals surface area contributed by atoms with Crippen LogP contribution in [-0.4, -0.2) is 0 Å². The fourth-order valence-electron chi connectivity index (χ4n) is 2.35. The van der Waals surface area contributed by atoms with E-state index in [0.717, 1.165) is 35.4 Å². The van der Waals surface area contributed by atoms with Gasteiger partial charge >= 0.3 is 0 Å². The van der Waals surface area contributed by atoms with Crippen molar-refractivity contribution in [3.8, 4) is 0 Å². The van der Waals surface area contributed by atoms with Crippen LogP contribution in [0.15, 0.2) is 64.2 Å². The number of allylic oxidation sites excluding steroid dienone is 7. The topological polar surface area (TPSA) is 0 Å². The second kappa shape index (κ2) is 16.7. The number of aryl methyl sites for hydroxylation is 1. The molecule has 1 rings (SSSR count). The van der Waals surface area contributed by atoms with E-state index in [1.54, 1.807) is 0 Å². The Morgan fingerprint density at radius 1 is 1.07 bits per heavy atom. The first-order valence-electron chi connectivity index (χ1n) is 9.57. The second-order valence-electron chi connectivity index (χ2n) is 5.76. The molecule has 0 fully saturated rings. The molecule has 0 aromatic heterocycles. The summed E-state index contributed by atoms with van der Waals surface area (Å²) in [4.78, 5) is 0. The third-order valence-corrected chi connectivity index (χ3v) is 4.53. The van der Waals surface area contributed by atoms with Gasteiger partial charge in [-0.25, -0.2) is 8.78 Å². The van der Waals surface area contributed by atoms with Gasteiger partial charge in [-0.2, -0.15) is 0 Å². The SMILES string of the molecule is C=C\C=C(C)/C(=C(\C)CC)C(/Br)=C\C.CC.CCCc1cc(F)cc(F)c1. The van der Waals surface area contributed by atoms with E-state index in [1.807, 2.05) is 39.8 Å². The number of rotatable bonds is 6. The van der Waals surface area contributed by atoms with Gasteiger partial charge < -0.3 is 0 Å². The maximum absolute atomic E-state index is 12.5. The van der Waals surface area contributed by atoms with Crippen molar-refractivity contribution in [3.05, 3.63) is 81.4 Å². The zero-order chi connectivity index (χ0) is 21.4. The molecule has 152 valence electrons. The van der Waals surface area contributed by atoms with Crippen molar-refractivity contribution in [2.75, 3.05) is 0 Å². The van der Waals surface area contributed by atoms with Gasteiger partial charge in [0.15, 0.2) is 0 Å². The molecule has 0 aliphatic rings. The Kier molecular flexibility index (Phi) is 17.1. The van der Waals surface area contributed by atoms with Gasteiger partial charge in [-0.15, -0.1) is 0 Å². The van der Waals surface area contributed by atoms with Gasteiger partial charge in [-0.1, -0.05) is 80.4 Å². The summed E-state index contributed by atoms with van der Waals surface area (Å²) in [6.45, 7) is 18.2. The third-order valence-electron chi connectivity index (χ3n) is 3.67. The molecular formula is C24H35BrF2. The number of hydrogen-bond acceptors (Lipinski definition) is 0. The summed E-state index contributed by atoms with van der Waals surface area (Å²) < 4.78 is 26.2. The molecule has 0 unspecified atom stereocenters. The predicted octanol–water partition coefficient (Wildman–Crippen LogP) is 9.09. The molecule has 0 saturated heterocycles. The zero-order valence-electron chi connectivity index (χ0n) is 17.9. The fourth-order valence-corrected chi connectivity index (χ4v) is 3.01. The van der Waals surface area contributed by atoms with Gasteiger partial charge in [0.1, 0.15) is 11.6 Å². The van der Waals surface area contributed by atoms with Crippen molar-refractivity contribution in [3.63, 3.8) is 0 Å². The van der Waals surface area contributed by atoms with E-state index in [2.05, 4.69) is 49.4 Å². The van der Waals surface area contributed by atoms with E-state index < -0.39 is 11.6 Å². The Morgan fingerprint density at radius 2 is 1.59 bits per heavy atom. The average Bonchev–Trinajstić information content (AvgIpc) is 2.63. The van der Waals surface area contributed by atoms with Crippen molar-refractivity contribution < 1.29 is 8.78 Å². The van der Waals surface area contributed by atoms with Gasteiger partial charge in [0, 0.05) is 10.5 Å². The predicted molar refractivity (Wildman–Crippen MR) is 121 cm³/mol. The Labute approximate surface area is 173 Å². The molecule has 1 aromatic carbocycles. The highest BCUT2D eigenvalue weighted by Crippen LogP contribution is 2.28. The molecule has 0 amide bonds. The molecule has 1 aromatic rings. The molecule has 27 heavy (non-hydrogen) atoms. The monoisotopic (exact) mass is 440 g/mol. The Morgan fingerprint density at radius 3 is 1.96 bits per heavy atom. The van der Waals surface area contributed by atoms with E-state index in [-0.39, 0.29) is 0 Å². The molecule has 0 nitrogen and oxygen atoms in total. The minimum atomic E-state index is -0.492. The standard InChI is InChI=1S/C13H19Br.C9H10F2.C2H6/c1-6-9-11(5)13(10(4)7-2)12(14)8-3;1-2-3-7-4-8(10)6-9(11)5-7;1-2/h6,8-9H,1,7H2,2-5H3;4-6H,2-3H2,1H3;1-2H3/b11-9-,12-8+,13-10-;;. The highest BCUT2D eigenvalue weighted by molar-refractivity contribution is 9.12. The van der Waals surface area contributed by atoms with Crippen LogP contribution in [0.1, 0.15) is 66.9 Å². The lowest BCUT2D eigenvalue weighted by atomic mass is 9.99. The highest BCUT2D eigenvalue weighted by Gasteiger charge is 2.06. The van der Waals surface area contributed by atoms with Gasteiger partial charge in [0.25, 0.3) is 0 Å². The van der Waals surface area contributed by atoms with Crippen LogP contribution in [-0.2, 0) is 6.42 Å². The lowest BCUT2D eigenvalue weighted by Gasteiger charge is -2.11. The smallest absolute Gasteiger partial charge is 0.126 e. The number of halogens is 3. The molecule has 3 heteroatoms. The van der Waals surface area contributed by atoms with Crippen molar-refractivity contribution in [1.29, 1.82) is 0 Å². The fraction of sp³-hybridized carbons (Fsp3) is 0.417. The first kappa shape index (κ1) is 27.7. The molecule has 0 aliphatic carbocycles. The summed E-state index contributed by atoms with van der Waals surface area (Å²) in [6.07, 6.45) is 8.65. The van der Waals surface area contributed by atoms with Crippen molar-refractivity contribution in [2.24, 2.45) is 0 Å². The largest absolute Gasteiger partial charge is 0.207 e. The normalized spacial score (nSPS) is 12.2. The molecule has 0 N–H and O–H groups in total. The van der Waals surface area contributed by atoms with Crippen LogP contribution in [0.4, 0.5) is 8.78 Å². The third kappa shape index (κ3) is 11.8. The Balaban J connectivity index is 0. The first-order valence-corrected chi connectivity index (χ1v) is 10.4. The molecule has 0 spiro atoms. The highest BCUT2D eigenvalue weighted by atomic mass is 79.9. The van der Waals surface area contributed by atoms with E-state index in [1.165, 1.54) is 28.9 Å². The van der Waals surface area contributed by atoms with Crippen LogP contribution in [0.3, 0.4) is 0 Å². The van der Waals surface area contributed by atoms with E-state index in [9.17, 15) is 8.78 Å². The van der Waals surface area contributed by atoms with Crippen LogP contribution >= 0.6 is 15.9 Å². The molecule has 0 atom stereocenters. The second-order valence-corrected chi connectivity index (χ2v) is 6.61.